The third-order valence-electron chi connectivity index (χ3n) is 7.58. The molecule has 35 heavy (non-hydrogen) atoms. The van der Waals surface area contributed by atoms with Crippen LogP contribution in [0.25, 0.3) is 0 Å². The van der Waals surface area contributed by atoms with Crippen LogP contribution in [0, 0.1) is 0 Å². The molecule has 2 unspecified atom stereocenters. The Labute approximate surface area is 209 Å². The Hall–Kier alpha value is -2.20. The number of esters is 1. The van der Waals surface area contributed by atoms with Gasteiger partial charge in [-0.2, -0.15) is 0 Å². The summed E-state index contributed by atoms with van der Waals surface area (Å²) < 4.78 is 10.5. The van der Waals surface area contributed by atoms with Crippen molar-refractivity contribution in [2.24, 2.45) is 0 Å². The van der Waals surface area contributed by atoms with Gasteiger partial charge in [0.2, 0.25) is 0 Å². The number of ether oxygens (including phenoxy) is 2. The highest BCUT2D eigenvalue weighted by Crippen LogP contribution is 2.23. The number of hydrogen-bond acceptors (Lipinski definition) is 8. The average Bonchev–Trinajstić information content (AvgIpc) is 3.17. The fourth-order valence-electron chi connectivity index (χ4n) is 5.32. The van der Waals surface area contributed by atoms with Crippen molar-refractivity contribution < 1.29 is 19.1 Å². The molecule has 1 aromatic carbocycles. The SMILES string of the molecule is COC(=O)CCCN1CCN(C2OC(=O)N(CCN3CCN(Cc4ccccc4)CC3)C2C)CC1. The second kappa shape index (κ2) is 12.7. The van der Waals surface area contributed by atoms with Crippen LogP contribution in [0.2, 0.25) is 0 Å². The fourth-order valence-corrected chi connectivity index (χ4v) is 5.32. The zero-order chi connectivity index (χ0) is 24.6. The molecule has 0 N–H and O–H groups in total. The van der Waals surface area contributed by atoms with Gasteiger partial charge in [0.1, 0.15) is 0 Å². The molecule has 2 atom stereocenters. The van der Waals surface area contributed by atoms with Gasteiger partial charge in [-0.25, -0.2) is 4.79 Å². The lowest BCUT2D eigenvalue weighted by Crippen LogP contribution is -2.54. The summed E-state index contributed by atoms with van der Waals surface area (Å²) in [6.45, 7) is 13.4. The van der Waals surface area contributed by atoms with Crippen LogP contribution in [-0.4, -0.2) is 128 Å². The first-order chi connectivity index (χ1) is 17.0. The van der Waals surface area contributed by atoms with Crippen molar-refractivity contribution in [3.05, 3.63) is 35.9 Å². The fraction of sp³-hybridized carbons (Fsp3) is 0.692. The van der Waals surface area contributed by atoms with Crippen LogP contribution in [0.15, 0.2) is 30.3 Å². The molecule has 0 saturated carbocycles. The highest BCUT2D eigenvalue weighted by atomic mass is 16.6. The Kier molecular flexibility index (Phi) is 9.37. The van der Waals surface area contributed by atoms with Crippen molar-refractivity contribution in [2.45, 2.75) is 38.6 Å². The van der Waals surface area contributed by atoms with Crippen molar-refractivity contribution in [1.82, 2.24) is 24.5 Å². The van der Waals surface area contributed by atoms with E-state index in [4.69, 9.17) is 9.47 Å². The van der Waals surface area contributed by atoms with Gasteiger partial charge in [0.15, 0.2) is 6.23 Å². The number of amides is 1. The zero-order valence-electron chi connectivity index (χ0n) is 21.3. The van der Waals surface area contributed by atoms with E-state index in [1.165, 1.54) is 12.7 Å². The summed E-state index contributed by atoms with van der Waals surface area (Å²) in [6, 6.07) is 10.7. The molecule has 1 aromatic rings. The zero-order valence-corrected chi connectivity index (χ0v) is 21.3. The van der Waals surface area contributed by atoms with Crippen LogP contribution in [0.4, 0.5) is 4.79 Å². The minimum Gasteiger partial charge on any atom is -0.469 e. The van der Waals surface area contributed by atoms with Crippen LogP contribution in [-0.2, 0) is 20.8 Å². The molecular weight excluding hydrogens is 446 g/mol. The van der Waals surface area contributed by atoms with E-state index < -0.39 is 0 Å². The first-order valence-corrected chi connectivity index (χ1v) is 13.0. The highest BCUT2D eigenvalue weighted by Gasteiger charge is 2.42. The summed E-state index contributed by atoms with van der Waals surface area (Å²) in [7, 11) is 1.43. The molecule has 0 spiro atoms. The number of carbonyl (C=O) groups is 2. The number of piperazine rings is 2. The van der Waals surface area contributed by atoms with Gasteiger partial charge in [0.05, 0.1) is 13.2 Å². The average molecular weight is 488 g/mol. The second-order valence-corrected chi connectivity index (χ2v) is 9.87. The Bertz CT molecular complexity index is 809. The van der Waals surface area contributed by atoms with Gasteiger partial charge in [0, 0.05) is 78.4 Å². The van der Waals surface area contributed by atoms with Crippen LogP contribution >= 0.6 is 0 Å². The maximum atomic E-state index is 12.7. The summed E-state index contributed by atoms with van der Waals surface area (Å²) in [5.41, 5.74) is 1.36. The molecule has 0 aliphatic carbocycles. The smallest absolute Gasteiger partial charge is 0.411 e. The highest BCUT2D eigenvalue weighted by molar-refractivity contribution is 5.70. The summed E-state index contributed by atoms with van der Waals surface area (Å²) in [5.74, 6) is -0.149. The Morgan fingerprint density at radius 2 is 1.54 bits per heavy atom. The second-order valence-electron chi connectivity index (χ2n) is 9.87. The molecule has 1 amide bonds. The third kappa shape index (κ3) is 7.16. The van der Waals surface area contributed by atoms with Gasteiger partial charge in [-0.15, -0.1) is 0 Å². The molecule has 9 heteroatoms. The van der Waals surface area contributed by atoms with Crippen molar-refractivity contribution in [3.63, 3.8) is 0 Å². The summed E-state index contributed by atoms with van der Waals surface area (Å²) in [6.07, 6.45) is 0.911. The first kappa shape index (κ1) is 25.9. The molecule has 4 rings (SSSR count). The molecule has 9 nitrogen and oxygen atoms in total. The number of cyclic esters (lactones) is 1. The maximum Gasteiger partial charge on any atom is 0.411 e. The quantitative estimate of drug-likeness (QED) is 0.461. The lowest BCUT2D eigenvalue weighted by molar-refractivity contribution is -0.140. The minimum atomic E-state index is -0.189. The van der Waals surface area contributed by atoms with Gasteiger partial charge in [-0.05, 0) is 25.5 Å². The predicted octanol–water partition coefficient (Wildman–Crippen LogP) is 1.54. The third-order valence-corrected chi connectivity index (χ3v) is 7.58. The monoisotopic (exact) mass is 487 g/mol. The largest absolute Gasteiger partial charge is 0.469 e. The topological polar surface area (TPSA) is 68.8 Å². The molecule has 0 aromatic heterocycles. The van der Waals surface area contributed by atoms with E-state index in [9.17, 15) is 9.59 Å². The van der Waals surface area contributed by atoms with Crippen LogP contribution in [0.1, 0.15) is 25.3 Å². The van der Waals surface area contributed by atoms with E-state index in [2.05, 4.69) is 56.9 Å². The van der Waals surface area contributed by atoms with Crippen molar-refractivity contribution in [1.29, 1.82) is 0 Å². The summed E-state index contributed by atoms with van der Waals surface area (Å²) in [5, 5.41) is 0. The van der Waals surface area contributed by atoms with Gasteiger partial charge < -0.3 is 14.4 Å². The lowest BCUT2D eigenvalue weighted by atomic mass is 10.2. The van der Waals surface area contributed by atoms with Gasteiger partial charge >= 0.3 is 12.1 Å². The number of methoxy groups -OCH3 is 1. The van der Waals surface area contributed by atoms with E-state index >= 15 is 0 Å². The van der Waals surface area contributed by atoms with Crippen LogP contribution in [0.3, 0.4) is 0 Å². The van der Waals surface area contributed by atoms with E-state index in [0.717, 1.165) is 78.4 Å². The van der Waals surface area contributed by atoms with Crippen molar-refractivity contribution in [3.8, 4) is 0 Å². The van der Waals surface area contributed by atoms with E-state index in [-0.39, 0.29) is 24.3 Å². The van der Waals surface area contributed by atoms with E-state index in [1.807, 2.05) is 4.90 Å². The molecule has 3 aliphatic heterocycles. The molecule has 3 fully saturated rings. The van der Waals surface area contributed by atoms with Gasteiger partial charge in [-0.3, -0.25) is 24.4 Å². The minimum absolute atomic E-state index is 0.0488. The molecule has 3 aliphatic rings. The molecule has 0 radical (unpaired) electrons. The lowest BCUT2D eigenvalue weighted by Gasteiger charge is -2.38. The normalized spacial score (nSPS) is 25.1. The van der Waals surface area contributed by atoms with Crippen LogP contribution < -0.4 is 0 Å². The Morgan fingerprint density at radius 3 is 2.23 bits per heavy atom. The summed E-state index contributed by atoms with van der Waals surface area (Å²) >= 11 is 0. The molecule has 0 bridgehead atoms. The molecular formula is C26H41N5O4. The van der Waals surface area contributed by atoms with Crippen molar-refractivity contribution in [2.75, 3.05) is 79.1 Å². The van der Waals surface area contributed by atoms with Crippen molar-refractivity contribution >= 4 is 12.1 Å². The molecule has 194 valence electrons. The first-order valence-electron chi connectivity index (χ1n) is 13.0. The Morgan fingerprint density at radius 1 is 0.914 bits per heavy atom. The van der Waals surface area contributed by atoms with Gasteiger partial charge in [-0.1, -0.05) is 30.3 Å². The number of hydrogen-bond donors (Lipinski definition) is 0. The summed E-state index contributed by atoms with van der Waals surface area (Å²) in [4.78, 5) is 35.5. The van der Waals surface area contributed by atoms with E-state index in [0.29, 0.717) is 13.0 Å². The number of nitrogens with zero attached hydrogens (tertiary/aromatic N) is 5. The van der Waals surface area contributed by atoms with E-state index in [1.54, 1.807) is 0 Å². The van der Waals surface area contributed by atoms with Gasteiger partial charge in [0.25, 0.3) is 0 Å². The molecule has 3 saturated heterocycles. The maximum absolute atomic E-state index is 12.7. The van der Waals surface area contributed by atoms with Crippen LogP contribution in [0.5, 0.6) is 0 Å². The predicted molar refractivity (Wildman–Crippen MR) is 134 cm³/mol. The standard InChI is InChI=1S/C26H41N5O4/c1-22-25(30-18-15-27(16-19-30)10-6-9-24(32)34-2)35-26(33)31(22)20-17-28-11-13-29(14-12-28)21-23-7-4-3-5-8-23/h3-5,7-8,22,25H,6,9-21H2,1-2H3. The number of benzene rings is 1. The number of rotatable bonds is 10. The molecule has 3 heterocycles. The Balaban J connectivity index is 1.15. The number of carbonyl (C=O) groups excluding carboxylic acids is 2.